The van der Waals surface area contributed by atoms with E-state index in [1.807, 2.05) is 232 Å². The molecule has 0 aliphatic carbocycles. The van der Waals surface area contributed by atoms with Crippen molar-refractivity contribution in [1.29, 1.82) is 0 Å². The molecule has 14 aromatic carbocycles. The summed E-state index contributed by atoms with van der Waals surface area (Å²) in [4.78, 5) is 38.5. The molecule has 0 unspecified atom stereocenters. The Morgan fingerprint density at radius 2 is 0.655 bits per heavy atom. The Hall–Kier alpha value is -12.8. The minimum atomic E-state index is -1.44. The molecule has 5 heterocycles. The number of aryl methyl sites for hydroxylation is 2. The predicted octanol–water partition coefficient (Wildman–Crippen LogP) is 23.2. The van der Waals surface area contributed by atoms with E-state index >= 15 is 0 Å². The van der Waals surface area contributed by atoms with Crippen molar-refractivity contribution in [3.63, 3.8) is 0 Å². The Morgan fingerprint density at radius 1 is 0.302 bits per heavy atom. The van der Waals surface area contributed by atoms with Crippen LogP contribution in [-0.2, 0) is 9.31 Å². The molecule has 0 atom stereocenters. The third-order valence-corrected chi connectivity index (χ3v) is 21.6. The van der Waals surface area contributed by atoms with Crippen LogP contribution in [0, 0.1) is 13.8 Å². The van der Waals surface area contributed by atoms with E-state index in [0.717, 1.165) is 121 Å². The molecule has 19 rings (SSSR count). The zero-order valence-corrected chi connectivity index (χ0v) is 67.0. The number of fused-ring (bicyclic) bond motifs is 6. The van der Waals surface area contributed by atoms with Gasteiger partial charge in [-0.25, -0.2) is 29.9 Å². The topological polar surface area (TPSA) is 162 Å². The van der Waals surface area contributed by atoms with Gasteiger partial charge in [-0.2, -0.15) is 0 Å². The van der Waals surface area contributed by atoms with Gasteiger partial charge in [-0.05, 0) is 185 Å². The molecule has 12 nitrogen and oxygen atoms in total. The molecule has 1 fully saturated rings. The van der Waals surface area contributed by atoms with Crippen LogP contribution in [0.2, 0.25) is 5.02 Å². The summed E-state index contributed by atoms with van der Waals surface area (Å²) in [6.45, 7) is 12.3. The number of pyridine rings is 2. The van der Waals surface area contributed by atoms with Crippen LogP contribution in [-0.4, -0.2) is 75.4 Å². The van der Waals surface area contributed by atoms with E-state index in [4.69, 9.17) is 40.8 Å². The molecule has 562 valence electrons. The third-order valence-electron chi connectivity index (χ3n) is 20.9. The molecular formula is C100H78B2BrClN8O4. The predicted molar refractivity (Wildman–Crippen MR) is 480 cm³/mol. The molecule has 1 aliphatic rings. The average molecular weight is 1590 g/mol. The smallest absolute Gasteiger partial charge is 0.423 e. The fourth-order valence-corrected chi connectivity index (χ4v) is 15.1. The van der Waals surface area contributed by atoms with Gasteiger partial charge in [0, 0.05) is 65.4 Å². The lowest BCUT2D eigenvalue weighted by Crippen LogP contribution is -2.41. The minimum absolute atomic E-state index is 0.311. The zero-order chi connectivity index (χ0) is 79.9. The lowest BCUT2D eigenvalue weighted by Gasteiger charge is -2.32. The zero-order valence-electron chi connectivity index (χ0n) is 64.7. The van der Waals surface area contributed by atoms with Gasteiger partial charge in [0.25, 0.3) is 0 Å². The van der Waals surface area contributed by atoms with Gasteiger partial charge < -0.3 is 19.4 Å². The van der Waals surface area contributed by atoms with Gasteiger partial charge in [-0.3, -0.25) is 9.97 Å². The Kier molecular flexibility index (Phi) is 22.7. The van der Waals surface area contributed by atoms with E-state index in [1.54, 1.807) is 0 Å². The van der Waals surface area contributed by atoms with Crippen LogP contribution in [0.15, 0.2) is 356 Å². The van der Waals surface area contributed by atoms with Crippen molar-refractivity contribution in [1.82, 2.24) is 39.9 Å². The van der Waals surface area contributed by atoms with Gasteiger partial charge in [0.2, 0.25) is 0 Å². The van der Waals surface area contributed by atoms with Crippen molar-refractivity contribution in [3.05, 3.63) is 373 Å². The van der Waals surface area contributed by atoms with Crippen LogP contribution in [0.3, 0.4) is 0 Å². The second kappa shape index (κ2) is 34.1. The first-order valence-electron chi connectivity index (χ1n) is 38.4. The van der Waals surface area contributed by atoms with Gasteiger partial charge in [0.15, 0.2) is 34.9 Å². The van der Waals surface area contributed by atoms with Crippen LogP contribution in [0.25, 0.3) is 156 Å². The third kappa shape index (κ3) is 17.3. The second-order valence-corrected chi connectivity index (χ2v) is 30.8. The first-order chi connectivity index (χ1) is 56.4. The number of benzene rings is 14. The summed E-state index contributed by atoms with van der Waals surface area (Å²) < 4.78 is 13.0. The molecule has 0 radical (unpaired) electrons. The van der Waals surface area contributed by atoms with E-state index in [1.165, 1.54) is 21.5 Å². The average Bonchev–Trinajstić information content (AvgIpc) is 0.883. The summed E-state index contributed by atoms with van der Waals surface area (Å²) in [6.07, 6.45) is 0. The molecule has 4 aromatic heterocycles. The molecule has 0 amide bonds. The van der Waals surface area contributed by atoms with E-state index < -0.39 is 7.12 Å². The lowest BCUT2D eigenvalue weighted by atomic mass is 9.76. The lowest BCUT2D eigenvalue weighted by molar-refractivity contribution is 0.00578. The molecule has 18 aromatic rings. The van der Waals surface area contributed by atoms with Gasteiger partial charge >= 0.3 is 14.2 Å². The van der Waals surface area contributed by atoms with E-state index in [2.05, 4.69) is 197 Å². The summed E-state index contributed by atoms with van der Waals surface area (Å²) in [7, 11) is -1.76. The number of halogens is 2. The van der Waals surface area contributed by atoms with Crippen LogP contribution in [0.4, 0.5) is 0 Å². The molecule has 2 N–H and O–H groups in total. The maximum Gasteiger partial charge on any atom is 0.494 e. The van der Waals surface area contributed by atoms with Crippen molar-refractivity contribution in [2.45, 2.75) is 52.7 Å². The highest BCUT2D eigenvalue weighted by atomic mass is 79.9. The summed E-state index contributed by atoms with van der Waals surface area (Å²) in [5.41, 5.74) is 17.1. The van der Waals surface area contributed by atoms with Crippen molar-refractivity contribution in [2.75, 3.05) is 0 Å². The summed E-state index contributed by atoms with van der Waals surface area (Å²) in [6, 6.07) is 119. The molecule has 0 bridgehead atoms. The number of hydrogen-bond donors (Lipinski definition) is 2. The number of hydrogen-bond acceptors (Lipinski definition) is 12. The van der Waals surface area contributed by atoms with Crippen LogP contribution in [0.5, 0.6) is 0 Å². The van der Waals surface area contributed by atoms with Gasteiger partial charge in [0.05, 0.1) is 22.6 Å². The molecule has 116 heavy (non-hydrogen) atoms. The largest absolute Gasteiger partial charge is 0.494 e. The first-order valence-corrected chi connectivity index (χ1v) is 39.6. The standard InChI is InChI=1S/C47H32N4.C21H13BrClN3.C18H22BNO2.C14H11BO2/c1-31-13-12-22-44(48-31)33-25-23-32(24-26-33)37-27-38(43-30-36-18-8-9-19-40(36)41-20-10-11-21-42(41)43)29-39(28-37)47-50-45(34-14-4-2-5-15-34)49-46(51-47)35-16-6-3-7-17-35;22-17-11-16(12-18(23)13-17)21-25-19(14-7-3-1-4-8-14)24-20(26-21)15-9-5-2-6-10-15;1-13-7-6-8-16(20-13)14-9-11-15(12-10-14)19-21-17(2,3)18(4,5)22-19;16-15(17)14-9-10-5-1-2-6-11(10)12-7-3-4-8-13(12)14/h2-30H,1H3;1-13H;6-12H,1-5H3;1-9,16-17H. The van der Waals surface area contributed by atoms with Crippen molar-refractivity contribution < 1.29 is 19.4 Å². The van der Waals surface area contributed by atoms with E-state index in [0.29, 0.717) is 45.4 Å². The van der Waals surface area contributed by atoms with E-state index in [-0.39, 0.29) is 18.3 Å². The maximum atomic E-state index is 9.44. The number of rotatable bonds is 12. The van der Waals surface area contributed by atoms with Gasteiger partial charge in [0.1, 0.15) is 0 Å². The highest BCUT2D eigenvalue weighted by Crippen LogP contribution is 2.41. The maximum absolute atomic E-state index is 9.44. The highest BCUT2D eigenvalue weighted by Gasteiger charge is 2.51. The quantitative estimate of drug-likeness (QED) is 0.0881. The summed E-state index contributed by atoms with van der Waals surface area (Å²) >= 11 is 9.69. The normalized spacial score (nSPS) is 12.6. The Bertz CT molecular complexity index is 6420. The van der Waals surface area contributed by atoms with Crippen LogP contribution >= 0.6 is 27.5 Å². The fourth-order valence-electron chi connectivity index (χ4n) is 14.3. The number of aromatic nitrogens is 8. The Labute approximate surface area is 688 Å². The van der Waals surface area contributed by atoms with E-state index in [9.17, 15) is 10.0 Å². The monoisotopic (exact) mass is 1590 g/mol. The second-order valence-electron chi connectivity index (χ2n) is 29.4. The van der Waals surface area contributed by atoms with Crippen LogP contribution < -0.4 is 10.9 Å². The van der Waals surface area contributed by atoms with Crippen molar-refractivity contribution in [2.24, 2.45) is 0 Å². The fraction of sp³-hybridized carbons (Fsp3) is 0.0800. The number of nitrogens with zero attached hydrogens (tertiary/aromatic N) is 8. The van der Waals surface area contributed by atoms with Gasteiger partial charge in [-0.15, -0.1) is 0 Å². The van der Waals surface area contributed by atoms with Crippen molar-refractivity contribution >= 4 is 95.8 Å². The molecule has 0 saturated carbocycles. The van der Waals surface area contributed by atoms with Gasteiger partial charge in [-0.1, -0.05) is 313 Å². The van der Waals surface area contributed by atoms with Crippen LogP contribution in [0.1, 0.15) is 39.1 Å². The molecule has 1 saturated heterocycles. The molecule has 1 aliphatic heterocycles. The first kappa shape index (κ1) is 77.1. The molecule has 0 spiro atoms. The molecule has 16 heteroatoms. The van der Waals surface area contributed by atoms with Crippen molar-refractivity contribution in [3.8, 4) is 113 Å². The minimum Gasteiger partial charge on any atom is -0.423 e. The SMILES string of the molecule is Cc1cccc(-c2ccc(-c3cc(-c4nc(-c5ccccc5)nc(-c5ccccc5)n4)cc(-c4cc5ccccc5c5ccccc45)c3)cc2)n1.Cc1cccc(-c2ccc(B3OC(C)(C)C(C)(C)O3)cc2)n1.Clc1cc(Br)cc(-c2nc(-c3ccccc3)nc(-c3ccccc3)n2)c1.OB(O)c1cc2ccccc2c2ccccc12. The summed E-state index contributed by atoms with van der Waals surface area (Å²) in [5.74, 6) is 3.74. The highest BCUT2D eigenvalue weighted by molar-refractivity contribution is 9.10. The Balaban J connectivity index is 0.000000129. The Morgan fingerprint density at radius 3 is 1.09 bits per heavy atom. The molecular weight excluding hydrogens is 1510 g/mol. The summed E-state index contributed by atoms with van der Waals surface area (Å²) in [5, 5.41) is 28.5.